The molecule has 6 nitrogen and oxygen atoms in total. The van der Waals surface area contributed by atoms with Gasteiger partial charge in [-0.25, -0.2) is 4.79 Å². The van der Waals surface area contributed by atoms with E-state index in [9.17, 15) is 4.79 Å². The van der Waals surface area contributed by atoms with Gasteiger partial charge in [0.15, 0.2) is 11.6 Å². The zero-order valence-electron chi connectivity index (χ0n) is 15.2. The second-order valence-corrected chi connectivity index (χ2v) is 8.00. The van der Waals surface area contributed by atoms with Crippen molar-refractivity contribution in [1.82, 2.24) is 10.1 Å². The van der Waals surface area contributed by atoms with Crippen molar-refractivity contribution in [3.8, 4) is 11.3 Å². The number of carbonyl (C=O) groups excluding carboxylic acids is 1. The molecule has 1 fully saturated rings. The topological polar surface area (TPSA) is 84.4 Å². The molecule has 3 N–H and O–H groups in total. The molecular formula is C19H26N4O2. The molecule has 1 aromatic heterocycles. The monoisotopic (exact) mass is 342 g/mol. The lowest BCUT2D eigenvalue weighted by Gasteiger charge is -2.54. The van der Waals surface area contributed by atoms with E-state index in [1.54, 1.807) is 6.07 Å². The van der Waals surface area contributed by atoms with Crippen LogP contribution < -0.4 is 11.1 Å². The van der Waals surface area contributed by atoms with Crippen LogP contribution in [0, 0.1) is 0 Å². The SMILES string of the molecule is CC1(C)CC(N)CC(C)(C)N1C(=O)Nc1cc(-c2ccccc2)on1. The first-order chi connectivity index (χ1) is 11.7. The van der Waals surface area contributed by atoms with Gasteiger partial charge in [-0.3, -0.25) is 5.32 Å². The predicted octanol–water partition coefficient (Wildman–Crippen LogP) is 3.85. The minimum atomic E-state index is -0.336. The number of amides is 2. The van der Waals surface area contributed by atoms with Crippen LogP contribution in [0.5, 0.6) is 0 Å². The van der Waals surface area contributed by atoms with Crippen molar-refractivity contribution in [1.29, 1.82) is 0 Å². The Morgan fingerprint density at radius 2 is 1.80 bits per heavy atom. The predicted molar refractivity (Wildman–Crippen MR) is 98.2 cm³/mol. The van der Waals surface area contributed by atoms with Crippen molar-refractivity contribution in [3.05, 3.63) is 36.4 Å². The smallest absolute Gasteiger partial charge is 0.323 e. The van der Waals surface area contributed by atoms with Crippen molar-refractivity contribution < 1.29 is 9.32 Å². The first kappa shape index (κ1) is 17.5. The molecule has 1 aliphatic heterocycles. The maximum absolute atomic E-state index is 12.9. The molecular weight excluding hydrogens is 316 g/mol. The van der Waals surface area contributed by atoms with E-state index in [0.29, 0.717) is 11.6 Å². The lowest BCUT2D eigenvalue weighted by Crippen LogP contribution is -2.66. The van der Waals surface area contributed by atoms with Crippen LogP contribution in [0.3, 0.4) is 0 Å². The summed E-state index contributed by atoms with van der Waals surface area (Å²) in [4.78, 5) is 14.8. The van der Waals surface area contributed by atoms with Crippen molar-refractivity contribution in [2.24, 2.45) is 5.73 Å². The van der Waals surface area contributed by atoms with Crippen LogP contribution in [0.4, 0.5) is 10.6 Å². The van der Waals surface area contributed by atoms with Gasteiger partial charge in [-0.1, -0.05) is 35.5 Å². The Labute approximate surface area is 148 Å². The molecule has 6 heteroatoms. The average Bonchev–Trinajstić information content (AvgIpc) is 2.93. The summed E-state index contributed by atoms with van der Waals surface area (Å²) in [5.74, 6) is 1.03. The van der Waals surface area contributed by atoms with Gasteiger partial charge in [-0.2, -0.15) is 0 Å². The summed E-state index contributed by atoms with van der Waals surface area (Å²) < 4.78 is 5.36. The van der Waals surface area contributed by atoms with E-state index >= 15 is 0 Å². The fourth-order valence-corrected chi connectivity index (χ4v) is 4.15. The number of rotatable bonds is 2. The van der Waals surface area contributed by atoms with Gasteiger partial charge in [0.25, 0.3) is 0 Å². The molecule has 2 aromatic rings. The number of hydrogen-bond donors (Lipinski definition) is 2. The number of nitrogens with one attached hydrogen (secondary N) is 1. The lowest BCUT2D eigenvalue weighted by molar-refractivity contribution is 0.00871. The second kappa shape index (κ2) is 6.19. The quantitative estimate of drug-likeness (QED) is 0.868. The molecule has 0 bridgehead atoms. The first-order valence-electron chi connectivity index (χ1n) is 8.58. The maximum Gasteiger partial charge on any atom is 0.323 e. The van der Waals surface area contributed by atoms with Crippen LogP contribution in [0.2, 0.25) is 0 Å². The second-order valence-electron chi connectivity index (χ2n) is 8.00. The highest BCUT2D eigenvalue weighted by atomic mass is 16.5. The third-order valence-corrected chi connectivity index (χ3v) is 4.74. The van der Waals surface area contributed by atoms with Crippen LogP contribution in [-0.4, -0.2) is 33.2 Å². The molecule has 3 rings (SSSR count). The number of aromatic nitrogens is 1. The molecule has 1 saturated heterocycles. The number of carbonyl (C=O) groups is 1. The molecule has 134 valence electrons. The van der Waals surface area contributed by atoms with Gasteiger partial charge in [0, 0.05) is 28.7 Å². The number of urea groups is 1. The van der Waals surface area contributed by atoms with Gasteiger partial charge in [0.2, 0.25) is 0 Å². The summed E-state index contributed by atoms with van der Waals surface area (Å²) in [5, 5.41) is 6.85. The first-order valence-corrected chi connectivity index (χ1v) is 8.58. The maximum atomic E-state index is 12.9. The van der Waals surface area contributed by atoms with E-state index in [0.717, 1.165) is 18.4 Å². The summed E-state index contributed by atoms with van der Waals surface area (Å²) in [6.45, 7) is 8.19. The minimum absolute atomic E-state index is 0.0887. The van der Waals surface area contributed by atoms with E-state index in [2.05, 4.69) is 10.5 Å². The Morgan fingerprint density at radius 1 is 1.20 bits per heavy atom. The molecule has 0 aliphatic carbocycles. The van der Waals surface area contributed by atoms with Crippen LogP contribution in [0.1, 0.15) is 40.5 Å². The number of likely N-dealkylation sites (tertiary alicyclic amines) is 1. The van der Waals surface area contributed by atoms with Crippen LogP contribution >= 0.6 is 0 Å². The fraction of sp³-hybridized carbons (Fsp3) is 0.474. The molecule has 1 aromatic carbocycles. The Morgan fingerprint density at radius 3 is 2.40 bits per heavy atom. The van der Waals surface area contributed by atoms with E-state index in [1.807, 2.05) is 62.9 Å². The number of nitrogens with two attached hydrogens (primary N) is 1. The van der Waals surface area contributed by atoms with Gasteiger partial charge in [0.05, 0.1) is 0 Å². The van der Waals surface area contributed by atoms with E-state index in [-0.39, 0.29) is 23.2 Å². The van der Waals surface area contributed by atoms with Crippen LogP contribution in [0.15, 0.2) is 40.9 Å². The Kier molecular flexibility index (Phi) is 4.33. The summed E-state index contributed by atoms with van der Waals surface area (Å²) in [6, 6.07) is 11.3. The summed E-state index contributed by atoms with van der Waals surface area (Å²) in [5.41, 5.74) is 6.43. The molecule has 0 atom stereocenters. The third-order valence-electron chi connectivity index (χ3n) is 4.74. The zero-order chi connectivity index (χ0) is 18.2. The largest absolute Gasteiger partial charge is 0.354 e. The minimum Gasteiger partial charge on any atom is -0.354 e. The van der Waals surface area contributed by atoms with Gasteiger partial charge >= 0.3 is 6.03 Å². The summed E-state index contributed by atoms with van der Waals surface area (Å²) in [7, 11) is 0. The highest BCUT2D eigenvalue weighted by Crippen LogP contribution is 2.38. The number of benzene rings is 1. The summed E-state index contributed by atoms with van der Waals surface area (Å²) >= 11 is 0. The fourth-order valence-electron chi connectivity index (χ4n) is 4.15. The van der Waals surface area contributed by atoms with Crippen LogP contribution in [-0.2, 0) is 0 Å². The van der Waals surface area contributed by atoms with Gasteiger partial charge in [-0.15, -0.1) is 0 Å². The number of nitrogens with zero attached hydrogens (tertiary/aromatic N) is 2. The van der Waals surface area contributed by atoms with Crippen molar-refractivity contribution in [2.45, 2.75) is 57.7 Å². The van der Waals surface area contributed by atoms with Gasteiger partial charge < -0.3 is 15.2 Å². The van der Waals surface area contributed by atoms with Crippen molar-refractivity contribution in [2.75, 3.05) is 5.32 Å². The standard InChI is InChI=1S/C19H26N4O2/c1-18(2)11-14(20)12-19(3,4)23(18)17(24)21-16-10-15(25-22-16)13-8-6-5-7-9-13/h5-10,14H,11-12,20H2,1-4H3,(H,21,22,24). The van der Waals surface area contributed by atoms with Crippen molar-refractivity contribution in [3.63, 3.8) is 0 Å². The molecule has 2 amide bonds. The zero-order valence-corrected chi connectivity index (χ0v) is 15.2. The Hall–Kier alpha value is -2.34. The molecule has 25 heavy (non-hydrogen) atoms. The highest BCUT2D eigenvalue weighted by Gasteiger charge is 2.47. The normalized spacial score (nSPS) is 19.6. The lowest BCUT2D eigenvalue weighted by atomic mass is 9.77. The molecule has 0 unspecified atom stereocenters. The van der Waals surface area contributed by atoms with Gasteiger partial charge in [-0.05, 0) is 40.5 Å². The molecule has 0 saturated carbocycles. The Balaban J connectivity index is 1.79. The van der Waals surface area contributed by atoms with E-state index < -0.39 is 0 Å². The van der Waals surface area contributed by atoms with E-state index in [4.69, 9.17) is 10.3 Å². The van der Waals surface area contributed by atoms with E-state index in [1.165, 1.54) is 0 Å². The third kappa shape index (κ3) is 3.54. The molecule has 1 aliphatic rings. The van der Waals surface area contributed by atoms with Crippen LogP contribution in [0.25, 0.3) is 11.3 Å². The number of hydrogen-bond acceptors (Lipinski definition) is 4. The number of piperidine rings is 1. The molecule has 2 heterocycles. The summed E-state index contributed by atoms with van der Waals surface area (Å²) in [6.07, 6.45) is 1.52. The number of anilines is 1. The highest BCUT2D eigenvalue weighted by molar-refractivity contribution is 5.90. The average molecular weight is 342 g/mol. The Bertz CT molecular complexity index is 734. The van der Waals surface area contributed by atoms with Gasteiger partial charge in [0.1, 0.15) is 0 Å². The molecule has 0 radical (unpaired) electrons. The van der Waals surface area contributed by atoms with Crippen molar-refractivity contribution >= 4 is 11.8 Å². The molecule has 0 spiro atoms.